The smallest absolute Gasteiger partial charge is 0.317 e. The van der Waals surface area contributed by atoms with Gasteiger partial charge in [0.15, 0.2) is 0 Å². The quantitative estimate of drug-likeness (QED) is 0.918. The number of ether oxygens (including phenoxy) is 1. The molecule has 2 aromatic rings. The van der Waals surface area contributed by atoms with E-state index < -0.39 is 0 Å². The topological polar surface area (TPSA) is 59.4 Å². The number of amides is 2. The molecule has 0 aliphatic carbocycles. The summed E-state index contributed by atoms with van der Waals surface area (Å²) in [6.45, 7) is 3.30. The van der Waals surface area contributed by atoms with Crippen molar-refractivity contribution in [1.82, 2.24) is 20.0 Å². The van der Waals surface area contributed by atoms with Gasteiger partial charge in [0.1, 0.15) is 0 Å². The molecule has 1 aliphatic rings. The standard InChI is InChI=1S/C18H24N4O2/c1-14(17-9-6-10-24-17)20-18(23)21(2)12-15-11-19-22(13-15)16-7-4-3-5-8-16/h3-5,7-8,11,13-14,17H,6,9-10,12H2,1-2H3,(H,20,23). The van der Waals surface area contributed by atoms with Gasteiger partial charge < -0.3 is 15.0 Å². The van der Waals surface area contributed by atoms with E-state index in [0.717, 1.165) is 30.7 Å². The predicted octanol–water partition coefficient (Wildman–Crippen LogP) is 2.58. The maximum absolute atomic E-state index is 12.3. The largest absolute Gasteiger partial charge is 0.376 e. The summed E-state index contributed by atoms with van der Waals surface area (Å²) in [5.74, 6) is 0. The van der Waals surface area contributed by atoms with Gasteiger partial charge in [-0.05, 0) is 31.9 Å². The number of hydrogen-bond acceptors (Lipinski definition) is 3. The molecule has 2 atom stereocenters. The van der Waals surface area contributed by atoms with E-state index >= 15 is 0 Å². The fourth-order valence-electron chi connectivity index (χ4n) is 2.90. The Morgan fingerprint density at radius 1 is 1.46 bits per heavy atom. The average molecular weight is 328 g/mol. The SMILES string of the molecule is CC(NC(=O)N(C)Cc1cnn(-c2ccccc2)c1)C1CCCO1. The molecule has 0 radical (unpaired) electrons. The minimum Gasteiger partial charge on any atom is -0.376 e. The van der Waals surface area contributed by atoms with Crippen molar-refractivity contribution in [2.75, 3.05) is 13.7 Å². The van der Waals surface area contributed by atoms with Gasteiger partial charge in [-0.2, -0.15) is 5.10 Å². The van der Waals surface area contributed by atoms with Gasteiger partial charge in [0, 0.05) is 25.4 Å². The first-order chi connectivity index (χ1) is 11.6. The monoisotopic (exact) mass is 328 g/mol. The third-order valence-corrected chi connectivity index (χ3v) is 4.30. The average Bonchev–Trinajstić information content (AvgIpc) is 3.27. The number of hydrogen-bond donors (Lipinski definition) is 1. The summed E-state index contributed by atoms with van der Waals surface area (Å²) in [6.07, 6.45) is 5.94. The van der Waals surface area contributed by atoms with Gasteiger partial charge in [-0.3, -0.25) is 0 Å². The van der Waals surface area contributed by atoms with Crippen LogP contribution in [0, 0.1) is 0 Å². The van der Waals surface area contributed by atoms with Gasteiger partial charge in [0.2, 0.25) is 0 Å². The highest BCUT2D eigenvalue weighted by atomic mass is 16.5. The van der Waals surface area contributed by atoms with E-state index in [4.69, 9.17) is 4.74 Å². The van der Waals surface area contributed by atoms with E-state index in [1.165, 1.54) is 0 Å². The molecule has 1 aromatic carbocycles. The molecule has 0 saturated carbocycles. The maximum atomic E-state index is 12.3. The molecule has 0 spiro atoms. The van der Waals surface area contributed by atoms with Crippen molar-refractivity contribution in [3.8, 4) is 5.69 Å². The molecule has 6 heteroatoms. The van der Waals surface area contributed by atoms with Gasteiger partial charge in [-0.15, -0.1) is 0 Å². The fourth-order valence-corrected chi connectivity index (χ4v) is 2.90. The van der Waals surface area contributed by atoms with Crippen molar-refractivity contribution in [2.45, 2.75) is 38.5 Å². The molecule has 3 rings (SSSR count). The summed E-state index contributed by atoms with van der Waals surface area (Å²) in [7, 11) is 1.79. The molecule has 0 bridgehead atoms. The molecule has 2 heterocycles. The Morgan fingerprint density at radius 3 is 2.96 bits per heavy atom. The number of benzene rings is 1. The first kappa shape index (κ1) is 16.5. The molecule has 1 aliphatic heterocycles. The number of urea groups is 1. The molecular weight excluding hydrogens is 304 g/mol. The Morgan fingerprint density at radius 2 is 2.25 bits per heavy atom. The number of rotatable bonds is 5. The molecule has 1 N–H and O–H groups in total. The summed E-state index contributed by atoms with van der Waals surface area (Å²) < 4.78 is 7.43. The number of nitrogens with zero attached hydrogens (tertiary/aromatic N) is 3. The normalized spacial score (nSPS) is 18.3. The van der Waals surface area contributed by atoms with Crippen LogP contribution in [0.3, 0.4) is 0 Å². The Balaban J connectivity index is 1.55. The first-order valence-electron chi connectivity index (χ1n) is 8.35. The van der Waals surface area contributed by atoms with Crippen LogP contribution >= 0.6 is 0 Å². The van der Waals surface area contributed by atoms with Crippen LogP contribution in [0.2, 0.25) is 0 Å². The van der Waals surface area contributed by atoms with Gasteiger partial charge in [0.25, 0.3) is 0 Å². The van der Waals surface area contributed by atoms with E-state index in [9.17, 15) is 4.79 Å². The van der Waals surface area contributed by atoms with E-state index in [0.29, 0.717) is 6.54 Å². The lowest BCUT2D eigenvalue weighted by atomic mass is 10.1. The second kappa shape index (κ2) is 7.49. The van der Waals surface area contributed by atoms with E-state index in [-0.39, 0.29) is 18.2 Å². The minimum atomic E-state index is -0.0922. The zero-order chi connectivity index (χ0) is 16.9. The molecule has 2 unspecified atom stereocenters. The minimum absolute atomic E-state index is 0.0227. The third-order valence-electron chi connectivity index (χ3n) is 4.30. The number of para-hydroxylation sites is 1. The second-order valence-corrected chi connectivity index (χ2v) is 6.27. The van der Waals surface area contributed by atoms with Crippen LogP contribution in [0.15, 0.2) is 42.7 Å². The maximum Gasteiger partial charge on any atom is 0.317 e. The molecule has 1 fully saturated rings. The Bertz CT molecular complexity index is 665. The summed E-state index contributed by atoms with van der Waals surface area (Å²) in [5.41, 5.74) is 1.99. The van der Waals surface area contributed by atoms with Crippen LogP contribution in [0.1, 0.15) is 25.3 Å². The van der Waals surface area contributed by atoms with Crippen molar-refractivity contribution in [3.63, 3.8) is 0 Å². The Hall–Kier alpha value is -2.34. The summed E-state index contributed by atoms with van der Waals surface area (Å²) in [4.78, 5) is 14.0. The molecule has 2 amide bonds. The highest BCUT2D eigenvalue weighted by Crippen LogP contribution is 2.15. The lowest BCUT2D eigenvalue weighted by molar-refractivity contribution is 0.0838. The van der Waals surface area contributed by atoms with Crippen LogP contribution in [0.5, 0.6) is 0 Å². The molecular formula is C18H24N4O2. The van der Waals surface area contributed by atoms with Crippen LogP contribution in [0.25, 0.3) is 5.69 Å². The Kier molecular flexibility index (Phi) is 5.15. The molecule has 24 heavy (non-hydrogen) atoms. The van der Waals surface area contributed by atoms with E-state index in [1.54, 1.807) is 18.1 Å². The highest BCUT2D eigenvalue weighted by Gasteiger charge is 2.24. The van der Waals surface area contributed by atoms with Crippen molar-refractivity contribution < 1.29 is 9.53 Å². The number of nitrogens with one attached hydrogen (secondary N) is 1. The van der Waals surface area contributed by atoms with Crippen LogP contribution in [-0.4, -0.2) is 46.5 Å². The van der Waals surface area contributed by atoms with Gasteiger partial charge in [-0.1, -0.05) is 18.2 Å². The zero-order valence-electron chi connectivity index (χ0n) is 14.2. The predicted molar refractivity (Wildman–Crippen MR) is 92.0 cm³/mol. The number of carbonyl (C=O) groups is 1. The summed E-state index contributed by atoms with van der Waals surface area (Å²) in [6, 6.07) is 9.85. The Labute approximate surface area is 142 Å². The highest BCUT2D eigenvalue weighted by molar-refractivity contribution is 5.74. The molecule has 1 saturated heterocycles. The van der Waals surface area contributed by atoms with E-state index in [1.807, 2.05) is 48.1 Å². The van der Waals surface area contributed by atoms with Crippen molar-refractivity contribution in [2.24, 2.45) is 0 Å². The number of aromatic nitrogens is 2. The molecule has 6 nitrogen and oxygen atoms in total. The molecule has 1 aromatic heterocycles. The lowest BCUT2D eigenvalue weighted by Gasteiger charge is -2.24. The van der Waals surface area contributed by atoms with Crippen LogP contribution in [-0.2, 0) is 11.3 Å². The fraction of sp³-hybridized carbons (Fsp3) is 0.444. The van der Waals surface area contributed by atoms with Gasteiger partial charge in [-0.25, -0.2) is 9.48 Å². The van der Waals surface area contributed by atoms with Gasteiger partial charge >= 0.3 is 6.03 Å². The van der Waals surface area contributed by atoms with Crippen molar-refractivity contribution >= 4 is 6.03 Å². The first-order valence-corrected chi connectivity index (χ1v) is 8.35. The molecule has 128 valence electrons. The van der Waals surface area contributed by atoms with Crippen LogP contribution in [0.4, 0.5) is 4.79 Å². The second-order valence-electron chi connectivity index (χ2n) is 6.27. The van der Waals surface area contributed by atoms with Crippen molar-refractivity contribution in [3.05, 3.63) is 48.3 Å². The third kappa shape index (κ3) is 3.94. The zero-order valence-corrected chi connectivity index (χ0v) is 14.2. The summed E-state index contributed by atoms with van der Waals surface area (Å²) >= 11 is 0. The van der Waals surface area contributed by atoms with Gasteiger partial charge in [0.05, 0.1) is 30.6 Å². The van der Waals surface area contributed by atoms with E-state index in [2.05, 4.69) is 10.4 Å². The lowest BCUT2D eigenvalue weighted by Crippen LogP contribution is -2.46. The van der Waals surface area contributed by atoms with Crippen LogP contribution < -0.4 is 5.32 Å². The number of carbonyl (C=O) groups excluding carboxylic acids is 1. The van der Waals surface area contributed by atoms with Crippen molar-refractivity contribution in [1.29, 1.82) is 0 Å². The summed E-state index contributed by atoms with van der Waals surface area (Å²) in [5, 5.41) is 7.38.